The molecule has 0 unspecified atom stereocenters. The zero-order chi connectivity index (χ0) is 14.1. The number of aromatic carboxylic acids is 1. The van der Waals surface area contributed by atoms with Crippen molar-refractivity contribution in [1.29, 1.82) is 0 Å². The number of hydrogen-bond acceptors (Lipinski definition) is 5. The minimum atomic E-state index is -1.01. The van der Waals surface area contributed by atoms with Crippen LogP contribution in [0.25, 0.3) is 17.0 Å². The van der Waals surface area contributed by atoms with Crippen LogP contribution in [0.3, 0.4) is 0 Å². The van der Waals surface area contributed by atoms with Gasteiger partial charge in [0, 0.05) is 12.4 Å². The zero-order valence-corrected chi connectivity index (χ0v) is 10.5. The molecule has 0 aliphatic carbocycles. The molecule has 3 aromatic heterocycles. The predicted octanol–water partition coefficient (Wildman–Crippen LogP) is 1.50. The van der Waals surface area contributed by atoms with Crippen LogP contribution in [0, 0.1) is 0 Å². The Morgan fingerprint density at radius 3 is 2.90 bits per heavy atom. The highest BCUT2D eigenvalue weighted by molar-refractivity contribution is 5.87. The lowest BCUT2D eigenvalue weighted by molar-refractivity contribution is 0.0696. The van der Waals surface area contributed by atoms with E-state index >= 15 is 0 Å². The number of rotatable bonds is 3. The van der Waals surface area contributed by atoms with Crippen LogP contribution in [0.2, 0.25) is 0 Å². The topological polar surface area (TPSA) is 89.6 Å². The summed E-state index contributed by atoms with van der Waals surface area (Å²) in [5.74, 6) is -0.125. The van der Waals surface area contributed by atoms with Crippen LogP contribution in [-0.2, 0) is 0 Å². The van der Waals surface area contributed by atoms with Crippen molar-refractivity contribution in [3.63, 3.8) is 0 Å². The van der Waals surface area contributed by atoms with Crippen LogP contribution in [0.5, 0.6) is 5.88 Å². The van der Waals surface area contributed by atoms with Gasteiger partial charge in [-0.1, -0.05) is 0 Å². The molecule has 3 rings (SSSR count). The highest BCUT2D eigenvalue weighted by Crippen LogP contribution is 2.26. The number of carboxylic acids is 1. The highest BCUT2D eigenvalue weighted by Gasteiger charge is 2.15. The van der Waals surface area contributed by atoms with Gasteiger partial charge < -0.3 is 9.84 Å². The first-order valence-electron chi connectivity index (χ1n) is 5.78. The average Bonchev–Trinajstić information content (AvgIpc) is 2.89. The van der Waals surface area contributed by atoms with Crippen LogP contribution in [0.4, 0.5) is 0 Å². The van der Waals surface area contributed by atoms with E-state index in [1.165, 1.54) is 19.4 Å². The highest BCUT2D eigenvalue weighted by atomic mass is 16.5. The summed E-state index contributed by atoms with van der Waals surface area (Å²) in [6, 6.07) is 6.62. The Hall–Kier alpha value is -2.96. The zero-order valence-electron chi connectivity index (χ0n) is 10.5. The van der Waals surface area contributed by atoms with Gasteiger partial charge in [0.25, 0.3) is 0 Å². The van der Waals surface area contributed by atoms with Crippen LogP contribution in [-0.4, -0.2) is 37.8 Å². The van der Waals surface area contributed by atoms with Gasteiger partial charge in [0.15, 0.2) is 11.5 Å². The minimum Gasteiger partial charge on any atom is -0.480 e. The maximum atomic E-state index is 11.0. The fraction of sp³-hybridized carbons (Fsp3) is 0.0769. The van der Waals surface area contributed by atoms with Gasteiger partial charge in [0.2, 0.25) is 5.88 Å². The van der Waals surface area contributed by atoms with E-state index in [1.807, 2.05) is 0 Å². The lowest BCUT2D eigenvalue weighted by Gasteiger charge is -2.05. The van der Waals surface area contributed by atoms with Gasteiger partial charge in [-0.3, -0.25) is 4.40 Å². The molecule has 0 saturated carbocycles. The molecule has 3 heterocycles. The molecule has 0 amide bonds. The molecule has 0 atom stereocenters. The van der Waals surface area contributed by atoms with Gasteiger partial charge in [-0.15, -0.1) is 10.2 Å². The fourth-order valence-corrected chi connectivity index (χ4v) is 1.92. The largest absolute Gasteiger partial charge is 0.480 e. The number of carboxylic acid groups (broad SMARTS) is 1. The van der Waals surface area contributed by atoms with Crippen molar-refractivity contribution in [2.75, 3.05) is 7.11 Å². The van der Waals surface area contributed by atoms with E-state index in [0.29, 0.717) is 22.9 Å². The van der Waals surface area contributed by atoms with Crippen molar-refractivity contribution in [2.24, 2.45) is 0 Å². The molecule has 0 aliphatic heterocycles. The fourth-order valence-electron chi connectivity index (χ4n) is 1.92. The molecular weight excluding hydrogens is 260 g/mol. The van der Waals surface area contributed by atoms with E-state index in [4.69, 9.17) is 9.84 Å². The number of methoxy groups -OCH3 is 1. The SMILES string of the molecule is COc1ncccc1-c1nnc2ccc(C(=O)O)cn12. The minimum absolute atomic E-state index is 0.154. The summed E-state index contributed by atoms with van der Waals surface area (Å²) >= 11 is 0. The van der Waals surface area contributed by atoms with Crippen molar-refractivity contribution in [3.05, 3.63) is 42.2 Å². The number of fused-ring (bicyclic) bond motifs is 1. The Morgan fingerprint density at radius 2 is 2.15 bits per heavy atom. The van der Waals surface area contributed by atoms with Gasteiger partial charge in [0.05, 0.1) is 18.2 Å². The van der Waals surface area contributed by atoms with Crippen molar-refractivity contribution in [1.82, 2.24) is 19.6 Å². The molecule has 0 saturated heterocycles. The van der Waals surface area contributed by atoms with E-state index in [2.05, 4.69) is 15.2 Å². The Bertz CT molecular complexity index is 797. The standard InChI is InChI=1S/C13H10N4O3/c1-20-12-9(3-2-6-14-12)11-16-15-10-5-4-8(13(18)19)7-17(10)11/h2-7H,1H3,(H,18,19). The van der Waals surface area contributed by atoms with Crippen molar-refractivity contribution in [3.8, 4) is 17.3 Å². The third kappa shape index (κ3) is 1.85. The second-order valence-corrected chi connectivity index (χ2v) is 4.03. The molecule has 7 heteroatoms. The number of nitrogens with zero attached hydrogens (tertiary/aromatic N) is 4. The molecule has 0 bridgehead atoms. The van der Waals surface area contributed by atoms with E-state index < -0.39 is 5.97 Å². The molecule has 0 aromatic carbocycles. The van der Waals surface area contributed by atoms with E-state index in [-0.39, 0.29) is 5.56 Å². The normalized spacial score (nSPS) is 10.7. The summed E-state index contributed by atoms with van der Waals surface area (Å²) in [4.78, 5) is 15.1. The Morgan fingerprint density at radius 1 is 1.30 bits per heavy atom. The lowest BCUT2D eigenvalue weighted by Crippen LogP contribution is -2.00. The van der Waals surface area contributed by atoms with E-state index in [1.54, 1.807) is 28.8 Å². The van der Waals surface area contributed by atoms with Gasteiger partial charge in [-0.2, -0.15) is 0 Å². The number of aromatic nitrogens is 4. The van der Waals surface area contributed by atoms with Gasteiger partial charge in [0.1, 0.15) is 0 Å². The van der Waals surface area contributed by atoms with Crippen molar-refractivity contribution >= 4 is 11.6 Å². The summed E-state index contributed by atoms with van der Waals surface area (Å²) in [7, 11) is 1.51. The molecule has 0 fully saturated rings. The Labute approximate surface area is 113 Å². The number of carbonyl (C=O) groups is 1. The number of ether oxygens (including phenoxy) is 1. The van der Waals surface area contributed by atoms with Gasteiger partial charge in [-0.05, 0) is 24.3 Å². The predicted molar refractivity (Wildman–Crippen MR) is 69.7 cm³/mol. The maximum Gasteiger partial charge on any atom is 0.337 e. The number of pyridine rings is 2. The average molecular weight is 270 g/mol. The molecule has 100 valence electrons. The lowest BCUT2D eigenvalue weighted by atomic mass is 10.2. The Kier molecular flexibility index (Phi) is 2.79. The monoisotopic (exact) mass is 270 g/mol. The number of hydrogen-bond donors (Lipinski definition) is 1. The van der Waals surface area contributed by atoms with Crippen molar-refractivity contribution in [2.45, 2.75) is 0 Å². The van der Waals surface area contributed by atoms with Crippen LogP contribution in [0.15, 0.2) is 36.7 Å². The first-order chi connectivity index (χ1) is 9.70. The first-order valence-corrected chi connectivity index (χ1v) is 5.78. The second-order valence-electron chi connectivity index (χ2n) is 4.03. The quantitative estimate of drug-likeness (QED) is 0.775. The van der Waals surface area contributed by atoms with Crippen LogP contribution in [0.1, 0.15) is 10.4 Å². The molecular formula is C13H10N4O3. The van der Waals surface area contributed by atoms with Gasteiger partial charge in [-0.25, -0.2) is 9.78 Å². The molecule has 20 heavy (non-hydrogen) atoms. The molecule has 0 spiro atoms. The summed E-state index contributed by atoms with van der Waals surface area (Å²) in [5.41, 5.74) is 1.35. The second kappa shape index (κ2) is 4.61. The van der Waals surface area contributed by atoms with Crippen LogP contribution >= 0.6 is 0 Å². The van der Waals surface area contributed by atoms with Gasteiger partial charge >= 0.3 is 5.97 Å². The molecule has 7 nitrogen and oxygen atoms in total. The first kappa shape index (κ1) is 12.1. The molecule has 3 aromatic rings. The molecule has 0 radical (unpaired) electrons. The van der Waals surface area contributed by atoms with E-state index in [9.17, 15) is 4.79 Å². The van der Waals surface area contributed by atoms with Crippen molar-refractivity contribution < 1.29 is 14.6 Å². The summed E-state index contributed by atoms with van der Waals surface area (Å²) in [6.07, 6.45) is 3.08. The molecule has 0 aliphatic rings. The third-order valence-corrected chi connectivity index (χ3v) is 2.85. The van der Waals surface area contributed by atoms with E-state index in [0.717, 1.165) is 0 Å². The molecule has 1 N–H and O–H groups in total. The smallest absolute Gasteiger partial charge is 0.337 e. The third-order valence-electron chi connectivity index (χ3n) is 2.85. The summed E-state index contributed by atoms with van der Waals surface area (Å²) in [6.45, 7) is 0. The summed E-state index contributed by atoms with van der Waals surface area (Å²) in [5, 5.41) is 17.1. The maximum absolute atomic E-state index is 11.0. The Balaban J connectivity index is 2.26. The van der Waals surface area contributed by atoms with Crippen LogP contribution < -0.4 is 4.74 Å². The summed E-state index contributed by atoms with van der Waals surface area (Å²) < 4.78 is 6.79.